The molecule has 0 radical (unpaired) electrons. The van der Waals surface area contributed by atoms with Gasteiger partial charge in [-0.2, -0.15) is 0 Å². The van der Waals surface area contributed by atoms with E-state index in [9.17, 15) is 5.11 Å². The summed E-state index contributed by atoms with van der Waals surface area (Å²) < 4.78 is 5.91. The molecule has 3 rings (SSSR count). The molecule has 0 aromatic heterocycles. The van der Waals surface area contributed by atoms with Gasteiger partial charge in [-0.15, -0.1) is 0 Å². The molecule has 1 unspecified atom stereocenters. The van der Waals surface area contributed by atoms with E-state index in [1.807, 2.05) is 38.1 Å². The Morgan fingerprint density at radius 2 is 1.78 bits per heavy atom. The minimum absolute atomic E-state index is 0.134. The summed E-state index contributed by atoms with van der Waals surface area (Å²) in [6.07, 6.45) is -0.346. The van der Waals surface area contributed by atoms with Crippen LogP contribution in [0.1, 0.15) is 25.5 Å². The molecule has 0 spiro atoms. The molecule has 0 aliphatic carbocycles. The number of piperazine rings is 1. The zero-order valence-electron chi connectivity index (χ0n) is 14.0. The summed E-state index contributed by atoms with van der Waals surface area (Å²) in [4.78, 5) is 2.31. The van der Waals surface area contributed by atoms with Gasteiger partial charge in [-0.25, -0.2) is 0 Å². The lowest BCUT2D eigenvalue weighted by atomic mass is 9.99. The summed E-state index contributed by atoms with van der Waals surface area (Å²) in [6.45, 7) is 8.70. The largest absolute Gasteiger partial charge is 0.490 e. The van der Waals surface area contributed by atoms with Gasteiger partial charge in [0.1, 0.15) is 5.75 Å². The quantitative estimate of drug-likeness (QED) is 0.890. The standard InChI is InChI=1S/C19H26N2O2/c1-14(2)23-19-8-7-16(15-5-3-4-6-17(15)19)18(22)13-21-11-9-20-10-12-21/h3-8,14,18,20,22H,9-13H2,1-2H3. The fraction of sp³-hybridized carbons (Fsp3) is 0.474. The highest BCUT2D eigenvalue weighted by Crippen LogP contribution is 2.32. The lowest BCUT2D eigenvalue weighted by Gasteiger charge is -2.29. The van der Waals surface area contributed by atoms with Crippen molar-refractivity contribution in [1.29, 1.82) is 0 Å². The van der Waals surface area contributed by atoms with E-state index in [1.165, 1.54) is 0 Å². The minimum atomic E-state index is -0.480. The Morgan fingerprint density at radius 1 is 1.09 bits per heavy atom. The lowest BCUT2D eigenvalue weighted by molar-refractivity contribution is 0.106. The van der Waals surface area contributed by atoms with E-state index >= 15 is 0 Å². The van der Waals surface area contributed by atoms with E-state index in [-0.39, 0.29) is 6.10 Å². The van der Waals surface area contributed by atoms with Crippen LogP contribution in [0.3, 0.4) is 0 Å². The minimum Gasteiger partial charge on any atom is -0.490 e. The summed E-state index contributed by atoms with van der Waals surface area (Å²) in [5.74, 6) is 0.883. The van der Waals surface area contributed by atoms with Crippen LogP contribution in [-0.4, -0.2) is 48.8 Å². The Bertz CT molecular complexity index is 651. The van der Waals surface area contributed by atoms with Gasteiger partial charge >= 0.3 is 0 Å². The van der Waals surface area contributed by atoms with Crippen molar-refractivity contribution in [2.45, 2.75) is 26.1 Å². The molecular weight excluding hydrogens is 288 g/mol. The zero-order chi connectivity index (χ0) is 16.2. The number of aliphatic hydroxyl groups is 1. The van der Waals surface area contributed by atoms with Crippen molar-refractivity contribution in [3.63, 3.8) is 0 Å². The van der Waals surface area contributed by atoms with Crippen molar-refractivity contribution >= 4 is 10.8 Å². The second-order valence-corrected chi connectivity index (χ2v) is 6.43. The van der Waals surface area contributed by atoms with Gasteiger partial charge in [0, 0.05) is 38.1 Å². The maximum Gasteiger partial charge on any atom is 0.127 e. The second-order valence-electron chi connectivity index (χ2n) is 6.43. The van der Waals surface area contributed by atoms with Gasteiger partial charge in [-0.3, -0.25) is 4.90 Å². The summed E-state index contributed by atoms with van der Waals surface area (Å²) in [5.41, 5.74) is 0.982. The molecule has 4 nitrogen and oxygen atoms in total. The molecular formula is C19H26N2O2. The SMILES string of the molecule is CC(C)Oc1ccc(C(O)CN2CCNCC2)c2ccccc12. The van der Waals surface area contributed by atoms with Gasteiger partial charge in [0.2, 0.25) is 0 Å². The highest BCUT2D eigenvalue weighted by Gasteiger charge is 2.18. The first-order valence-corrected chi connectivity index (χ1v) is 8.44. The molecule has 23 heavy (non-hydrogen) atoms. The molecule has 1 aliphatic heterocycles. The second kappa shape index (κ2) is 7.30. The average Bonchev–Trinajstić information content (AvgIpc) is 2.55. The summed E-state index contributed by atoms with van der Waals surface area (Å²) in [7, 11) is 0. The van der Waals surface area contributed by atoms with Gasteiger partial charge in [0.25, 0.3) is 0 Å². The highest BCUT2D eigenvalue weighted by molar-refractivity contribution is 5.91. The molecule has 1 heterocycles. The van der Waals surface area contributed by atoms with E-state index in [1.54, 1.807) is 0 Å². The number of hydrogen-bond acceptors (Lipinski definition) is 4. The molecule has 1 atom stereocenters. The Labute approximate surface area is 138 Å². The number of β-amino-alcohol motifs (C(OH)–C–C–N with tert-alkyl or cyclic N) is 1. The predicted octanol–water partition coefficient (Wildman–Crippen LogP) is 2.57. The number of rotatable bonds is 5. The normalized spacial score (nSPS) is 17.6. The lowest BCUT2D eigenvalue weighted by Crippen LogP contribution is -2.44. The van der Waals surface area contributed by atoms with E-state index in [0.717, 1.165) is 48.3 Å². The third-order valence-electron chi connectivity index (χ3n) is 4.28. The van der Waals surface area contributed by atoms with Gasteiger partial charge in [-0.1, -0.05) is 30.3 Å². The van der Waals surface area contributed by atoms with Crippen LogP contribution in [0.2, 0.25) is 0 Å². The fourth-order valence-electron chi connectivity index (χ4n) is 3.18. The van der Waals surface area contributed by atoms with Crippen LogP contribution in [0.5, 0.6) is 5.75 Å². The van der Waals surface area contributed by atoms with E-state index < -0.39 is 6.10 Å². The number of fused-ring (bicyclic) bond motifs is 1. The first-order chi connectivity index (χ1) is 11.1. The number of hydrogen-bond donors (Lipinski definition) is 2. The van der Waals surface area contributed by atoms with Crippen LogP contribution in [0, 0.1) is 0 Å². The number of benzene rings is 2. The Hall–Kier alpha value is -1.62. The summed E-state index contributed by atoms with van der Waals surface area (Å²) in [5, 5.41) is 16.2. The molecule has 124 valence electrons. The van der Waals surface area contributed by atoms with Crippen LogP contribution >= 0.6 is 0 Å². The predicted molar refractivity (Wildman–Crippen MR) is 94.0 cm³/mol. The Kier molecular flexibility index (Phi) is 5.16. The fourth-order valence-corrected chi connectivity index (χ4v) is 3.18. The molecule has 0 amide bonds. The Balaban J connectivity index is 1.88. The molecule has 2 aromatic carbocycles. The van der Waals surface area contributed by atoms with E-state index in [2.05, 4.69) is 22.3 Å². The molecule has 0 bridgehead atoms. The molecule has 0 saturated carbocycles. The number of aliphatic hydroxyl groups excluding tert-OH is 1. The third-order valence-corrected chi connectivity index (χ3v) is 4.28. The van der Waals surface area contributed by atoms with Crippen molar-refractivity contribution < 1.29 is 9.84 Å². The first-order valence-electron chi connectivity index (χ1n) is 8.44. The van der Waals surface area contributed by atoms with Crippen molar-refractivity contribution in [3.8, 4) is 5.75 Å². The molecule has 1 aliphatic rings. The maximum atomic E-state index is 10.7. The van der Waals surface area contributed by atoms with Gasteiger partial charge < -0.3 is 15.2 Å². The molecule has 2 N–H and O–H groups in total. The molecule has 2 aromatic rings. The smallest absolute Gasteiger partial charge is 0.127 e. The molecule has 1 saturated heterocycles. The van der Waals surface area contributed by atoms with Gasteiger partial charge in [0.05, 0.1) is 12.2 Å². The number of nitrogens with one attached hydrogen (secondary N) is 1. The number of nitrogens with zero attached hydrogens (tertiary/aromatic N) is 1. The average molecular weight is 314 g/mol. The molecule has 4 heteroatoms. The maximum absolute atomic E-state index is 10.7. The van der Waals surface area contributed by atoms with Crippen LogP contribution < -0.4 is 10.1 Å². The summed E-state index contributed by atoms with van der Waals surface area (Å²) >= 11 is 0. The van der Waals surface area contributed by atoms with E-state index in [0.29, 0.717) is 6.54 Å². The van der Waals surface area contributed by atoms with Gasteiger partial charge in [0.15, 0.2) is 0 Å². The monoisotopic (exact) mass is 314 g/mol. The van der Waals surface area contributed by atoms with Crippen LogP contribution in [-0.2, 0) is 0 Å². The van der Waals surface area contributed by atoms with Crippen molar-refractivity contribution in [2.24, 2.45) is 0 Å². The van der Waals surface area contributed by atoms with Crippen LogP contribution in [0.4, 0.5) is 0 Å². The van der Waals surface area contributed by atoms with Crippen molar-refractivity contribution in [1.82, 2.24) is 10.2 Å². The van der Waals surface area contributed by atoms with E-state index in [4.69, 9.17) is 4.74 Å². The molecule has 1 fully saturated rings. The summed E-state index contributed by atoms with van der Waals surface area (Å²) in [6, 6.07) is 12.2. The van der Waals surface area contributed by atoms with Gasteiger partial charge in [-0.05, 0) is 30.9 Å². The Morgan fingerprint density at radius 3 is 2.48 bits per heavy atom. The van der Waals surface area contributed by atoms with Crippen molar-refractivity contribution in [3.05, 3.63) is 42.0 Å². The zero-order valence-corrected chi connectivity index (χ0v) is 14.0. The highest BCUT2D eigenvalue weighted by atomic mass is 16.5. The van der Waals surface area contributed by atoms with Crippen molar-refractivity contribution in [2.75, 3.05) is 32.7 Å². The topological polar surface area (TPSA) is 44.7 Å². The van der Waals surface area contributed by atoms with Crippen LogP contribution in [0.25, 0.3) is 10.8 Å². The van der Waals surface area contributed by atoms with Crippen LogP contribution in [0.15, 0.2) is 36.4 Å². The third kappa shape index (κ3) is 3.83. The first kappa shape index (κ1) is 16.2. The number of ether oxygens (including phenoxy) is 1.